The van der Waals surface area contributed by atoms with Crippen LogP contribution in [0.1, 0.15) is 18.9 Å². The largest absolute Gasteiger partial charge is 0.206 e. The fraction of sp³-hybridized carbons (Fsp3) is 0.273. The molecule has 1 aromatic rings. The fourth-order valence-electron chi connectivity index (χ4n) is 1.09. The predicted molar refractivity (Wildman–Crippen MR) is 63.1 cm³/mol. The molecule has 0 atom stereocenters. The summed E-state index contributed by atoms with van der Waals surface area (Å²) in [5.74, 6) is 0.239. The van der Waals surface area contributed by atoms with Crippen LogP contribution in [-0.2, 0) is 0 Å². The van der Waals surface area contributed by atoms with Gasteiger partial charge in [0, 0.05) is 5.88 Å². The summed E-state index contributed by atoms with van der Waals surface area (Å²) >= 11 is 8.94. The van der Waals surface area contributed by atoms with Gasteiger partial charge in [-0.25, -0.2) is 4.39 Å². The second-order valence-electron chi connectivity index (χ2n) is 2.93. The minimum absolute atomic E-state index is 0.247. The van der Waals surface area contributed by atoms with Crippen molar-refractivity contribution in [2.24, 2.45) is 0 Å². The Bertz CT molecular complexity index is 341. The smallest absolute Gasteiger partial charge is 0.137 e. The maximum Gasteiger partial charge on any atom is 0.137 e. The normalized spacial score (nSPS) is 11.9. The Labute approximate surface area is 96.9 Å². The van der Waals surface area contributed by atoms with Crippen LogP contribution in [0, 0.1) is 5.82 Å². The second kappa shape index (κ2) is 5.52. The third-order valence-corrected chi connectivity index (χ3v) is 3.15. The van der Waals surface area contributed by atoms with Crippen molar-refractivity contribution in [3.63, 3.8) is 0 Å². The van der Waals surface area contributed by atoms with Crippen LogP contribution in [0.2, 0.25) is 0 Å². The van der Waals surface area contributed by atoms with E-state index in [0.717, 1.165) is 17.6 Å². The topological polar surface area (TPSA) is 0 Å². The average Bonchev–Trinajstić information content (AvgIpc) is 2.20. The van der Waals surface area contributed by atoms with Crippen LogP contribution in [0.3, 0.4) is 0 Å². The lowest BCUT2D eigenvalue weighted by Crippen LogP contribution is -1.86. The van der Waals surface area contributed by atoms with Gasteiger partial charge < -0.3 is 0 Å². The number of hydrogen-bond acceptors (Lipinski definition) is 0. The highest BCUT2D eigenvalue weighted by Crippen LogP contribution is 2.23. The lowest BCUT2D eigenvalue weighted by molar-refractivity contribution is 0.620. The molecule has 1 aromatic carbocycles. The maximum absolute atomic E-state index is 13.1. The first-order valence-corrected chi connectivity index (χ1v) is 5.71. The number of allylic oxidation sites excluding steroid dienone is 1. The first-order chi connectivity index (χ1) is 6.69. The first-order valence-electron chi connectivity index (χ1n) is 4.38. The van der Waals surface area contributed by atoms with Crippen LogP contribution >= 0.6 is 27.5 Å². The summed E-state index contributed by atoms with van der Waals surface area (Å²) in [5.41, 5.74) is 1.93. The Balaban J connectivity index is 3.07. The minimum atomic E-state index is -0.247. The summed E-state index contributed by atoms with van der Waals surface area (Å²) in [5, 5.41) is 0. The Kier molecular flexibility index (Phi) is 4.63. The van der Waals surface area contributed by atoms with Gasteiger partial charge in [-0.05, 0) is 34.0 Å². The van der Waals surface area contributed by atoms with Gasteiger partial charge in [-0.3, -0.25) is 0 Å². The van der Waals surface area contributed by atoms with Crippen molar-refractivity contribution < 1.29 is 4.39 Å². The molecule has 0 aliphatic carbocycles. The zero-order valence-corrected chi connectivity index (χ0v) is 10.2. The monoisotopic (exact) mass is 276 g/mol. The van der Waals surface area contributed by atoms with Crippen LogP contribution in [-0.4, -0.2) is 5.88 Å². The summed E-state index contributed by atoms with van der Waals surface area (Å²) in [4.78, 5) is 0. The predicted octanol–water partition coefficient (Wildman–Crippen LogP) is 4.62. The van der Waals surface area contributed by atoms with Gasteiger partial charge in [0.05, 0.1) is 4.47 Å². The van der Waals surface area contributed by atoms with E-state index in [1.807, 2.05) is 19.1 Å². The zero-order chi connectivity index (χ0) is 10.6. The first kappa shape index (κ1) is 11.7. The quantitative estimate of drug-likeness (QED) is 0.707. The average molecular weight is 278 g/mol. The molecule has 76 valence electrons. The van der Waals surface area contributed by atoms with E-state index in [2.05, 4.69) is 15.9 Å². The van der Waals surface area contributed by atoms with Crippen molar-refractivity contribution in [2.45, 2.75) is 13.3 Å². The van der Waals surface area contributed by atoms with E-state index in [4.69, 9.17) is 11.6 Å². The van der Waals surface area contributed by atoms with Crippen molar-refractivity contribution >= 4 is 33.6 Å². The Hall–Kier alpha value is -0.340. The van der Waals surface area contributed by atoms with Crippen LogP contribution in [0.5, 0.6) is 0 Å². The van der Waals surface area contributed by atoms with Gasteiger partial charge in [0.1, 0.15) is 5.82 Å². The highest BCUT2D eigenvalue weighted by molar-refractivity contribution is 9.10. The van der Waals surface area contributed by atoms with Gasteiger partial charge in [0.2, 0.25) is 0 Å². The van der Waals surface area contributed by atoms with Gasteiger partial charge in [0.15, 0.2) is 0 Å². The van der Waals surface area contributed by atoms with Crippen molar-refractivity contribution in [1.29, 1.82) is 0 Å². The Morgan fingerprint density at radius 2 is 2.29 bits per heavy atom. The van der Waals surface area contributed by atoms with E-state index >= 15 is 0 Å². The highest BCUT2D eigenvalue weighted by atomic mass is 79.9. The second-order valence-corrected chi connectivity index (χ2v) is 3.99. The van der Waals surface area contributed by atoms with Gasteiger partial charge in [-0.2, -0.15) is 0 Å². The third kappa shape index (κ3) is 2.82. The van der Waals surface area contributed by atoms with E-state index in [9.17, 15) is 4.39 Å². The van der Waals surface area contributed by atoms with E-state index in [1.54, 1.807) is 6.07 Å². The molecule has 0 saturated heterocycles. The third-order valence-electron chi connectivity index (χ3n) is 1.97. The number of halogens is 3. The fourth-order valence-corrected chi connectivity index (χ4v) is 1.73. The molecule has 3 heteroatoms. The van der Waals surface area contributed by atoms with Gasteiger partial charge in [0.25, 0.3) is 0 Å². The van der Waals surface area contributed by atoms with Gasteiger partial charge in [-0.1, -0.05) is 30.7 Å². The molecule has 14 heavy (non-hydrogen) atoms. The molecule has 0 N–H and O–H groups in total. The number of rotatable bonds is 3. The minimum Gasteiger partial charge on any atom is -0.206 e. The molecule has 1 rings (SSSR count). The molecule has 0 bridgehead atoms. The van der Waals surface area contributed by atoms with Crippen molar-refractivity contribution in [3.8, 4) is 0 Å². The van der Waals surface area contributed by atoms with E-state index in [1.165, 1.54) is 6.07 Å². The van der Waals surface area contributed by atoms with Crippen LogP contribution in [0.15, 0.2) is 28.2 Å². The molecule has 0 saturated carbocycles. The summed E-state index contributed by atoms with van der Waals surface area (Å²) < 4.78 is 13.6. The molecule has 0 aliphatic heterocycles. The zero-order valence-electron chi connectivity index (χ0n) is 7.86. The molecule has 0 spiro atoms. The number of alkyl halides is 1. The summed E-state index contributed by atoms with van der Waals surface area (Å²) in [6.07, 6.45) is 2.80. The van der Waals surface area contributed by atoms with E-state index in [0.29, 0.717) is 10.4 Å². The number of benzene rings is 1. The van der Waals surface area contributed by atoms with Crippen LogP contribution < -0.4 is 0 Å². The van der Waals surface area contributed by atoms with Crippen molar-refractivity contribution in [3.05, 3.63) is 39.6 Å². The lowest BCUT2D eigenvalue weighted by Gasteiger charge is -2.02. The SMILES string of the molecule is CC/C(=C/c1cccc(F)c1Br)CCl. The van der Waals surface area contributed by atoms with Gasteiger partial charge in [-0.15, -0.1) is 11.6 Å². The Morgan fingerprint density at radius 1 is 1.57 bits per heavy atom. The summed E-state index contributed by atoms with van der Waals surface area (Å²) in [7, 11) is 0. The molecule has 0 aromatic heterocycles. The van der Waals surface area contributed by atoms with Gasteiger partial charge >= 0.3 is 0 Å². The van der Waals surface area contributed by atoms with E-state index in [-0.39, 0.29) is 5.82 Å². The van der Waals surface area contributed by atoms with Crippen molar-refractivity contribution in [2.75, 3.05) is 5.88 Å². The molecular formula is C11H11BrClF. The molecular weight excluding hydrogens is 266 g/mol. The van der Waals surface area contributed by atoms with Crippen LogP contribution in [0.25, 0.3) is 6.08 Å². The number of hydrogen-bond donors (Lipinski definition) is 0. The molecule has 0 heterocycles. The summed E-state index contributed by atoms with van der Waals surface area (Å²) in [6.45, 7) is 2.03. The maximum atomic E-state index is 13.1. The molecule has 0 aliphatic rings. The molecule has 0 radical (unpaired) electrons. The Morgan fingerprint density at radius 3 is 2.86 bits per heavy atom. The lowest BCUT2D eigenvalue weighted by atomic mass is 10.1. The standard InChI is InChI=1S/C11H11BrClF/c1-2-8(7-13)6-9-4-3-5-10(14)11(9)12/h3-6H,2,7H2,1H3/b8-6-. The van der Waals surface area contributed by atoms with E-state index < -0.39 is 0 Å². The van der Waals surface area contributed by atoms with Crippen molar-refractivity contribution in [1.82, 2.24) is 0 Å². The molecule has 0 fully saturated rings. The summed E-state index contributed by atoms with van der Waals surface area (Å²) in [6, 6.07) is 4.97. The highest BCUT2D eigenvalue weighted by Gasteiger charge is 2.03. The van der Waals surface area contributed by atoms with Crippen LogP contribution in [0.4, 0.5) is 4.39 Å². The molecule has 0 nitrogen and oxygen atoms in total. The molecule has 0 unspecified atom stereocenters. The molecule has 0 amide bonds.